The lowest BCUT2D eigenvalue weighted by atomic mass is 10.2. The lowest BCUT2D eigenvalue weighted by Gasteiger charge is -2.02. The third-order valence-electron chi connectivity index (χ3n) is 3.74. The van der Waals surface area contributed by atoms with Crippen LogP contribution in [0, 0.1) is 5.82 Å². The van der Waals surface area contributed by atoms with Gasteiger partial charge in [-0.2, -0.15) is 4.57 Å². The molecule has 126 valence electrons. The first kappa shape index (κ1) is 17.8. The van der Waals surface area contributed by atoms with E-state index in [1.165, 1.54) is 6.07 Å². The lowest BCUT2D eigenvalue weighted by molar-refractivity contribution is -0.688. The van der Waals surface area contributed by atoms with E-state index in [1.54, 1.807) is 12.1 Å². The summed E-state index contributed by atoms with van der Waals surface area (Å²) < 4.78 is 22.5. The number of hydrogen-bond donors (Lipinski definition) is 0. The molecule has 0 unspecified atom stereocenters. The summed E-state index contributed by atoms with van der Waals surface area (Å²) in [6, 6.07) is 16.3. The van der Waals surface area contributed by atoms with Crippen LogP contribution in [0.3, 0.4) is 0 Å². The Kier molecular flexibility index (Phi) is 5.30. The molecule has 0 aliphatic rings. The molecule has 2 heterocycles. The lowest BCUT2D eigenvalue weighted by Crippen LogP contribution is -3.00. The largest absolute Gasteiger partial charge is 1.00 e. The van der Waals surface area contributed by atoms with Gasteiger partial charge in [-0.15, -0.1) is 0 Å². The first-order chi connectivity index (χ1) is 11.7. The normalized spacial score (nSPS) is 10.6. The molecule has 4 aromatic rings. The zero-order valence-corrected chi connectivity index (χ0v) is 16.2. The van der Waals surface area contributed by atoms with E-state index in [9.17, 15) is 4.39 Å². The molecule has 0 spiro atoms. The van der Waals surface area contributed by atoms with E-state index >= 15 is 0 Å². The minimum absolute atomic E-state index is 0. The summed E-state index contributed by atoms with van der Waals surface area (Å²) in [6.07, 6.45) is 3.81. The van der Waals surface area contributed by atoms with Gasteiger partial charge in [-0.1, -0.05) is 24.3 Å². The molecule has 0 saturated carbocycles. The number of nitrogens with zero attached hydrogens (tertiary/aromatic N) is 2. The second-order valence-corrected chi connectivity index (χ2v) is 6.41. The number of fused-ring (bicyclic) bond motifs is 1. The van der Waals surface area contributed by atoms with Crippen LogP contribution in [0.4, 0.5) is 4.39 Å². The molecular formula is C19H13Br2FN2O. The van der Waals surface area contributed by atoms with E-state index < -0.39 is 0 Å². The van der Waals surface area contributed by atoms with Crippen molar-refractivity contribution in [2.45, 2.75) is 6.54 Å². The number of hydrogen-bond acceptors (Lipinski definition) is 2. The van der Waals surface area contributed by atoms with Crippen molar-refractivity contribution in [1.82, 2.24) is 4.98 Å². The summed E-state index contributed by atoms with van der Waals surface area (Å²) >= 11 is 3.50. The van der Waals surface area contributed by atoms with Gasteiger partial charge in [0, 0.05) is 0 Å². The van der Waals surface area contributed by atoms with Gasteiger partial charge in [-0.3, -0.25) is 0 Å². The highest BCUT2D eigenvalue weighted by atomic mass is 79.9. The number of aromatic nitrogens is 2. The Morgan fingerprint density at radius 1 is 1.04 bits per heavy atom. The predicted molar refractivity (Wildman–Crippen MR) is 92.8 cm³/mol. The van der Waals surface area contributed by atoms with E-state index in [-0.39, 0.29) is 22.8 Å². The Morgan fingerprint density at radius 2 is 1.80 bits per heavy atom. The van der Waals surface area contributed by atoms with Crippen molar-refractivity contribution in [3.63, 3.8) is 0 Å². The average molecular weight is 464 g/mol. The number of rotatable bonds is 3. The molecule has 0 aliphatic carbocycles. The van der Waals surface area contributed by atoms with E-state index in [0.717, 1.165) is 21.1 Å². The van der Waals surface area contributed by atoms with Crippen LogP contribution in [0.25, 0.3) is 22.6 Å². The monoisotopic (exact) mass is 462 g/mol. The highest BCUT2D eigenvalue weighted by molar-refractivity contribution is 9.10. The van der Waals surface area contributed by atoms with Crippen molar-refractivity contribution >= 4 is 27.0 Å². The van der Waals surface area contributed by atoms with Crippen LogP contribution in [-0.4, -0.2) is 4.98 Å². The summed E-state index contributed by atoms with van der Waals surface area (Å²) in [5.41, 5.74) is 3.02. The van der Waals surface area contributed by atoms with Gasteiger partial charge in [-0.05, 0) is 46.3 Å². The molecule has 2 aromatic carbocycles. The number of benzene rings is 2. The highest BCUT2D eigenvalue weighted by Crippen LogP contribution is 2.25. The van der Waals surface area contributed by atoms with Crippen molar-refractivity contribution in [2.75, 3.05) is 0 Å². The second kappa shape index (κ2) is 7.45. The van der Waals surface area contributed by atoms with E-state index in [4.69, 9.17) is 4.42 Å². The van der Waals surface area contributed by atoms with Crippen molar-refractivity contribution in [3.8, 4) is 11.5 Å². The van der Waals surface area contributed by atoms with Crippen LogP contribution in [0.15, 0.2) is 75.9 Å². The Bertz CT molecular complexity index is 1000. The van der Waals surface area contributed by atoms with Crippen LogP contribution in [0.1, 0.15) is 5.56 Å². The molecule has 0 atom stereocenters. The maximum atomic E-state index is 13.9. The average Bonchev–Trinajstić information content (AvgIpc) is 3.01. The maximum Gasteiger partial charge on any atom is 0.233 e. The molecule has 3 nitrogen and oxygen atoms in total. The van der Waals surface area contributed by atoms with Crippen molar-refractivity contribution < 1.29 is 30.4 Å². The summed E-state index contributed by atoms with van der Waals surface area (Å²) in [6.45, 7) is 0.430. The van der Waals surface area contributed by atoms with E-state index in [2.05, 4.69) is 20.9 Å². The first-order valence-electron chi connectivity index (χ1n) is 7.48. The van der Waals surface area contributed by atoms with Crippen molar-refractivity contribution in [1.29, 1.82) is 0 Å². The molecule has 0 fully saturated rings. The predicted octanol–water partition coefficient (Wildman–Crippen LogP) is 1.74. The summed E-state index contributed by atoms with van der Waals surface area (Å²) in [5.74, 6) is 0.327. The fraction of sp³-hybridized carbons (Fsp3) is 0.0526. The highest BCUT2D eigenvalue weighted by Gasteiger charge is 2.15. The molecule has 6 heteroatoms. The van der Waals surface area contributed by atoms with Gasteiger partial charge >= 0.3 is 0 Å². The van der Waals surface area contributed by atoms with Gasteiger partial charge in [0.25, 0.3) is 0 Å². The molecule has 0 aliphatic heterocycles. The van der Waals surface area contributed by atoms with Crippen LogP contribution in [0.2, 0.25) is 0 Å². The summed E-state index contributed by atoms with van der Waals surface area (Å²) in [7, 11) is 0. The van der Waals surface area contributed by atoms with E-state index in [1.807, 2.05) is 53.4 Å². The van der Waals surface area contributed by atoms with Crippen molar-refractivity contribution in [3.05, 3.63) is 82.8 Å². The zero-order chi connectivity index (χ0) is 16.5. The molecule has 0 amide bonds. The second-order valence-electron chi connectivity index (χ2n) is 5.49. The molecule has 2 aromatic heterocycles. The Morgan fingerprint density at radius 3 is 2.60 bits per heavy atom. The number of pyridine rings is 1. The van der Waals surface area contributed by atoms with Crippen LogP contribution in [0.5, 0.6) is 0 Å². The van der Waals surface area contributed by atoms with Gasteiger partial charge in [0.2, 0.25) is 5.89 Å². The van der Waals surface area contributed by atoms with Crippen molar-refractivity contribution in [2.24, 2.45) is 0 Å². The SMILES string of the molecule is Fc1ccccc1C[n+]1cc(Br)cc(-c2nc3ccccc3o2)c1.[Br-]. The fourth-order valence-electron chi connectivity index (χ4n) is 2.62. The quantitative estimate of drug-likeness (QED) is 0.433. The van der Waals surface area contributed by atoms with Gasteiger partial charge in [-0.25, -0.2) is 9.37 Å². The smallest absolute Gasteiger partial charge is 0.233 e. The molecule has 4 rings (SSSR count). The number of halogens is 3. The summed E-state index contributed by atoms with van der Waals surface area (Å²) in [5, 5.41) is 0. The number of oxazole rings is 1. The Labute approximate surface area is 163 Å². The molecule has 25 heavy (non-hydrogen) atoms. The minimum Gasteiger partial charge on any atom is -1.00 e. The Balaban J connectivity index is 0.00000182. The third-order valence-corrected chi connectivity index (χ3v) is 4.17. The number of para-hydroxylation sites is 2. The standard InChI is InChI=1S/C19H13BrFN2O.BrH/c20-15-9-14(19-22-17-7-3-4-8-18(17)24-19)11-23(12-15)10-13-5-1-2-6-16(13)21;/h1-9,11-12H,10H2;1H/q+1;/p-1. The maximum absolute atomic E-state index is 13.9. The molecule has 0 radical (unpaired) electrons. The van der Waals surface area contributed by atoms with Crippen LogP contribution < -0.4 is 21.5 Å². The zero-order valence-electron chi connectivity index (χ0n) is 13.0. The van der Waals surface area contributed by atoms with Gasteiger partial charge in [0.1, 0.15) is 16.9 Å². The minimum atomic E-state index is -0.214. The van der Waals surface area contributed by atoms with Gasteiger partial charge < -0.3 is 21.4 Å². The molecule has 0 saturated heterocycles. The van der Waals surface area contributed by atoms with Crippen LogP contribution >= 0.6 is 15.9 Å². The van der Waals surface area contributed by atoms with Gasteiger partial charge in [0.15, 0.2) is 24.5 Å². The topological polar surface area (TPSA) is 29.9 Å². The molecule has 0 N–H and O–H groups in total. The van der Waals surface area contributed by atoms with E-state index in [0.29, 0.717) is 18.0 Å². The van der Waals surface area contributed by atoms with Gasteiger partial charge in [0.05, 0.1) is 10.0 Å². The summed E-state index contributed by atoms with van der Waals surface area (Å²) in [4.78, 5) is 4.51. The molecular weight excluding hydrogens is 451 g/mol. The van der Waals surface area contributed by atoms with Crippen LogP contribution in [-0.2, 0) is 6.54 Å². The third kappa shape index (κ3) is 3.80. The first-order valence-corrected chi connectivity index (χ1v) is 8.27. The Hall–Kier alpha value is -2.05. The molecule has 0 bridgehead atoms. The fourth-order valence-corrected chi connectivity index (χ4v) is 3.13.